The number of anilines is 1. The summed E-state index contributed by atoms with van der Waals surface area (Å²) in [5.41, 5.74) is 8.27. The molecule has 0 radical (unpaired) electrons. The molecule has 0 aromatic heterocycles. The standard InChI is InChI=1S/C27H25NO2/c1-16-15-27(3,4)28-21-14-13-20-24-19(17(2)29)11-8-12-22(24)30-26(25(20)23(16)21)18-9-6-5-7-10-18/h5-15,26,28H,1-4H3. The van der Waals surface area contributed by atoms with E-state index in [1.165, 1.54) is 11.1 Å². The quantitative estimate of drug-likeness (QED) is 0.494. The Hall–Kier alpha value is -3.33. The van der Waals surface area contributed by atoms with Gasteiger partial charge in [-0.25, -0.2) is 0 Å². The lowest BCUT2D eigenvalue weighted by atomic mass is 9.79. The van der Waals surface area contributed by atoms with Crippen LogP contribution in [-0.2, 0) is 0 Å². The van der Waals surface area contributed by atoms with E-state index >= 15 is 0 Å². The molecule has 30 heavy (non-hydrogen) atoms. The summed E-state index contributed by atoms with van der Waals surface area (Å²) in [6, 6.07) is 20.3. The second-order valence-corrected chi connectivity index (χ2v) is 8.77. The number of hydrogen-bond acceptors (Lipinski definition) is 3. The topological polar surface area (TPSA) is 38.3 Å². The van der Waals surface area contributed by atoms with Gasteiger partial charge in [0.2, 0.25) is 0 Å². The van der Waals surface area contributed by atoms with E-state index in [1.54, 1.807) is 6.92 Å². The Morgan fingerprint density at radius 3 is 2.47 bits per heavy atom. The molecular weight excluding hydrogens is 370 g/mol. The fourth-order valence-electron chi connectivity index (χ4n) is 4.88. The number of fused-ring (bicyclic) bond motifs is 5. The molecule has 0 saturated carbocycles. The van der Waals surface area contributed by atoms with Gasteiger partial charge in [-0.2, -0.15) is 0 Å². The van der Waals surface area contributed by atoms with Crippen LogP contribution in [0.25, 0.3) is 16.7 Å². The number of carbonyl (C=O) groups excluding carboxylic acids is 1. The fraction of sp³-hybridized carbons (Fsp3) is 0.222. The van der Waals surface area contributed by atoms with Gasteiger partial charge in [-0.15, -0.1) is 0 Å². The minimum Gasteiger partial charge on any atom is -0.480 e. The number of nitrogens with one attached hydrogen (secondary N) is 1. The van der Waals surface area contributed by atoms with Crippen molar-refractivity contribution in [3.05, 3.63) is 89.0 Å². The van der Waals surface area contributed by atoms with E-state index in [4.69, 9.17) is 4.74 Å². The van der Waals surface area contributed by atoms with Gasteiger partial charge in [0.25, 0.3) is 0 Å². The maximum absolute atomic E-state index is 12.4. The highest BCUT2D eigenvalue weighted by Crippen LogP contribution is 2.51. The lowest BCUT2D eigenvalue weighted by Crippen LogP contribution is -2.32. The number of ether oxygens (including phenoxy) is 1. The van der Waals surface area contributed by atoms with Crippen molar-refractivity contribution < 1.29 is 9.53 Å². The fourth-order valence-corrected chi connectivity index (χ4v) is 4.88. The zero-order valence-corrected chi connectivity index (χ0v) is 17.7. The SMILES string of the molecule is CC(=O)c1cccc2c1-c1ccc3c(c1C(c1ccccc1)O2)C(C)=CC(C)(C)N3. The Morgan fingerprint density at radius 1 is 0.967 bits per heavy atom. The van der Waals surface area contributed by atoms with Crippen molar-refractivity contribution in [3.63, 3.8) is 0 Å². The molecule has 3 nitrogen and oxygen atoms in total. The average molecular weight is 396 g/mol. The highest BCUT2D eigenvalue weighted by Gasteiger charge is 2.35. The molecule has 3 aromatic rings. The number of allylic oxidation sites excluding steroid dienone is 1. The number of Topliss-reactive ketones (excluding diaryl/α,β-unsaturated/α-hetero) is 1. The first-order chi connectivity index (χ1) is 14.4. The Bertz CT molecular complexity index is 1210. The van der Waals surface area contributed by atoms with E-state index in [0.29, 0.717) is 5.56 Å². The molecular formula is C27H25NO2. The van der Waals surface area contributed by atoms with Crippen molar-refractivity contribution >= 4 is 17.0 Å². The van der Waals surface area contributed by atoms with E-state index in [9.17, 15) is 4.79 Å². The van der Waals surface area contributed by atoms with Crippen LogP contribution < -0.4 is 10.1 Å². The maximum atomic E-state index is 12.4. The summed E-state index contributed by atoms with van der Waals surface area (Å²) in [6.45, 7) is 8.13. The van der Waals surface area contributed by atoms with E-state index in [0.717, 1.165) is 33.7 Å². The average Bonchev–Trinajstić information content (AvgIpc) is 2.71. The van der Waals surface area contributed by atoms with Crippen LogP contribution in [0.3, 0.4) is 0 Å². The molecule has 0 bridgehead atoms. The van der Waals surface area contributed by atoms with E-state index in [1.807, 2.05) is 36.4 Å². The summed E-state index contributed by atoms with van der Waals surface area (Å²) in [4.78, 5) is 12.4. The molecule has 1 unspecified atom stereocenters. The molecule has 0 fully saturated rings. The van der Waals surface area contributed by atoms with Crippen LogP contribution in [0.1, 0.15) is 60.8 Å². The lowest BCUT2D eigenvalue weighted by Gasteiger charge is -2.37. The molecule has 3 aromatic carbocycles. The van der Waals surface area contributed by atoms with Gasteiger partial charge in [0.1, 0.15) is 5.75 Å². The molecule has 1 N–H and O–H groups in total. The highest BCUT2D eigenvalue weighted by molar-refractivity contribution is 6.04. The van der Waals surface area contributed by atoms with E-state index in [2.05, 4.69) is 56.4 Å². The summed E-state index contributed by atoms with van der Waals surface area (Å²) < 4.78 is 6.59. The molecule has 2 aliphatic rings. The van der Waals surface area contributed by atoms with Gasteiger partial charge >= 0.3 is 0 Å². The van der Waals surface area contributed by atoms with Crippen molar-refractivity contribution in [2.45, 2.75) is 39.3 Å². The predicted octanol–water partition coefficient (Wildman–Crippen LogP) is 6.65. The first kappa shape index (κ1) is 18.7. The van der Waals surface area contributed by atoms with Crippen molar-refractivity contribution in [1.29, 1.82) is 0 Å². The Morgan fingerprint density at radius 2 is 1.73 bits per heavy atom. The van der Waals surface area contributed by atoms with Crippen LogP contribution in [0.2, 0.25) is 0 Å². The van der Waals surface area contributed by atoms with Gasteiger partial charge in [0.15, 0.2) is 11.9 Å². The largest absolute Gasteiger partial charge is 0.480 e. The third-order valence-corrected chi connectivity index (χ3v) is 5.96. The highest BCUT2D eigenvalue weighted by atomic mass is 16.5. The molecule has 3 heteroatoms. The third kappa shape index (κ3) is 2.85. The monoisotopic (exact) mass is 395 g/mol. The van der Waals surface area contributed by atoms with Crippen LogP contribution in [0.5, 0.6) is 5.75 Å². The molecule has 150 valence electrons. The van der Waals surface area contributed by atoms with Gasteiger partial charge in [-0.3, -0.25) is 4.79 Å². The Balaban J connectivity index is 1.85. The molecule has 5 rings (SSSR count). The summed E-state index contributed by atoms with van der Waals surface area (Å²) in [5, 5.41) is 3.65. The second kappa shape index (κ2) is 6.60. The zero-order valence-electron chi connectivity index (χ0n) is 17.7. The predicted molar refractivity (Wildman–Crippen MR) is 122 cm³/mol. The molecule has 0 saturated heterocycles. The van der Waals surface area contributed by atoms with E-state index in [-0.39, 0.29) is 17.4 Å². The lowest BCUT2D eigenvalue weighted by molar-refractivity contribution is 0.101. The minimum absolute atomic E-state index is 0.0452. The van der Waals surface area contributed by atoms with Gasteiger partial charge in [-0.1, -0.05) is 54.6 Å². The van der Waals surface area contributed by atoms with Crippen molar-refractivity contribution in [2.24, 2.45) is 0 Å². The molecule has 2 heterocycles. The summed E-state index contributed by atoms with van der Waals surface area (Å²) in [5.74, 6) is 0.804. The van der Waals surface area contributed by atoms with Crippen LogP contribution in [0.4, 0.5) is 5.69 Å². The number of benzene rings is 3. The van der Waals surface area contributed by atoms with Crippen LogP contribution in [0.15, 0.2) is 66.7 Å². The summed E-state index contributed by atoms with van der Waals surface area (Å²) in [6.07, 6.45) is 2.03. The number of ketones is 1. The van der Waals surface area contributed by atoms with Gasteiger partial charge < -0.3 is 10.1 Å². The van der Waals surface area contributed by atoms with Crippen molar-refractivity contribution in [2.75, 3.05) is 5.32 Å². The van der Waals surface area contributed by atoms with E-state index < -0.39 is 0 Å². The molecule has 0 amide bonds. The smallest absolute Gasteiger partial charge is 0.160 e. The molecule has 0 aliphatic carbocycles. The third-order valence-electron chi connectivity index (χ3n) is 5.96. The Labute approximate surface area is 177 Å². The van der Waals surface area contributed by atoms with Gasteiger partial charge in [0, 0.05) is 27.9 Å². The molecule has 2 aliphatic heterocycles. The van der Waals surface area contributed by atoms with Crippen LogP contribution in [-0.4, -0.2) is 11.3 Å². The van der Waals surface area contributed by atoms with Crippen LogP contribution >= 0.6 is 0 Å². The number of carbonyl (C=O) groups is 1. The maximum Gasteiger partial charge on any atom is 0.160 e. The second-order valence-electron chi connectivity index (χ2n) is 8.77. The van der Waals surface area contributed by atoms with Crippen LogP contribution in [0, 0.1) is 0 Å². The number of rotatable bonds is 2. The summed E-state index contributed by atoms with van der Waals surface area (Å²) >= 11 is 0. The van der Waals surface area contributed by atoms with Gasteiger partial charge in [-0.05, 0) is 56.5 Å². The molecule has 0 spiro atoms. The normalized spacial score (nSPS) is 18.1. The van der Waals surface area contributed by atoms with Crippen molar-refractivity contribution in [1.82, 2.24) is 0 Å². The number of hydrogen-bond donors (Lipinski definition) is 1. The Kier molecular flexibility index (Phi) is 4.11. The first-order valence-corrected chi connectivity index (χ1v) is 10.4. The summed E-state index contributed by atoms with van der Waals surface area (Å²) in [7, 11) is 0. The minimum atomic E-state index is -0.239. The first-order valence-electron chi connectivity index (χ1n) is 10.4. The molecule has 1 atom stereocenters. The zero-order chi connectivity index (χ0) is 21.0. The van der Waals surface area contributed by atoms with Gasteiger partial charge in [0.05, 0.1) is 5.54 Å². The van der Waals surface area contributed by atoms with Crippen molar-refractivity contribution in [3.8, 4) is 16.9 Å².